The summed E-state index contributed by atoms with van der Waals surface area (Å²) in [4.78, 5) is 0. The van der Waals surface area contributed by atoms with Crippen LogP contribution in [0.3, 0.4) is 0 Å². The van der Waals surface area contributed by atoms with Crippen LogP contribution in [0.4, 0.5) is 8.78 Å². The first-order valence-corrected chi connectivity index (χ1v) is 7.37. The average Bonchev–Trinajstić information content (AvgIpc) is 2.86. The van der Waals surface area contributed by atoms with Gasteiger partial charge in [0.05, 0.1) is 22.9 Å². The van der Waals surface area contributed by atoms with Gasteiger partial charge in [-0.15, -0.1) is 0 Å². The van der Waals surface area contributed by atoms with Crippen LogP contribution >= 0.6 is 0 Å². The summed E-state index contributed by atoms with van der Waals surface area (Å²) in [5, 5.41) is 4.94. The molecular formula is C15H19BF2N2O3. The van der Waals surface area contributed by atoms with Crippen LogP contribution in [0, 0.1) is 0 Å². The number of ether oxygens (including phenoxy) is 1. The molecule has 1 aliphatic rings. The summed E-state index contributed by atoms with van der Waals surface area (Å²) in [6, 6.07) is 3.26. The third-order valence-corrected chi connectivity index (χ3v) is 4.60. The van der Waals surface area contributed by atoms with Crippen molar-refractivity contribution in [1.82, 2.24) is 9.78 Å². The fourth-order valence-electron chi connectivity index (χ4n) is 2.55. The van der Waals surface area contributed by atoms with Gasteiger partial charge >= 0.3 is 13.7 Å². The number of hydrogen-bond donors (Lipinski definition) is 0. The second-order valence-electron chi connectivity index (χ2n) is 6.68. The van der Waals surface area contributed by atoms with Crippen molar-refractivity contribution in [2.24, 2.45) is 7.05 Å². The van der Waals surface area contributed by atoms with Crippen LogP contribution in [-0.4, -0.2) is 34.7 Å². The maximum Gasteiger partial charge on any atom is 0.498 e. The van der Waals surface area contributed by atoms with Gasteiger partial charge in [0, 0.05) is 24.0 Å². The molecule has 124 valence electrons. The van der Waals surface area contributed by atoms with E-state index in [0.717, 1.165) is 5.39 Å². The van der Waals surface area contributed by atoms with E-state index in [1.807, 2.05) is 27.7 Å². The van der Waals surface area contributed by atoms with Crippen molar-refractivity contribution in [2.45, 2.75) is 45.5 Å². The lowest BCUT2D eigenvalue weighted by Crippen LogP contribution is -2.41. The molecule has 1 aliphatic heterocycles. The highest BCUT2D eigenvalue weighted by molar-refractivity contribution is 6.63. The molecule has 0 aliphatic carbocycles. The lowest BCUT2D eigenvalue weighted by Gasteiger charge is -2.32. The highest BCUT2D eigenvalue weighted by Crippen LogP contribution is 2.37. The lowest BCUT2D eigenvalue weighted by atomic mass is 9.78. The van der Waals surface area contributed by atoms with Crippen molar-refractivity contribution in [1.29, 1.82) is 0 Å². The van der Waals surface area contributed by atoms with Gasteiger partial charge in [-0.1, -0.05) is 0 Å². The van der Waals surface area contributed by atoms with E-state index < -0.39 is 24.9 Å². The zero-order valence-corrected chi connectivity index (χ0v) is 13.8. The molecule has 0 amide bonds. The fourth-order valence-corrected chi connectivity index (χ4v) is 2.55. The number of benzene rings is 1. The summed E-state index contributed by atoms with van der Waals surface area (Å²) in [5.41, 5.74) is -0.00165. The van der Waals surface area contributed by atoms with Crippen molar-refractivity contribution >= 4 is 23.5 Å². The Balaban J connectivity index is 2.09. The minimum Gasteiger partial charge on any atom is -0.435 e. The maximum absolute atomic E-state index is 12.8. The molecule has 0 spiro atoms. The minimum absolute atomic E-state index is 0.0367. The summed E-state index contributed by atoms with van der Waals surface area (Å²) in [5.74, 6) is 0.0367. The van der Waals surface area contributed by atoms with Gasteiger partial charge in [-0.25, -0.2) is 0 Å². The standard InChI is InChI=1S/C15H19BF2N2O3/c1-14(2)15(3,4)23-16(22-14)10-6-9-8-19-20(5)11(9)7-12(10)21-13(17)18/h6-8,13H,1-5H3. The predicted molar refractivity (Wildman–Crippen MR) is 83.1 cm³/mol. The number of nitrogens with zero attached hydrogens (tertiary/aromatic N) is 2. The van der Waals surface area contributed by atoms with Crippen LogP contribution in [0.1, 0.15) is 27.7 Å². The summed E-state index contributed by atoms with van der Waals surface area (Å²) >= 11 is 0. The maximum atomic E-state index is 12.8. The van der Waals surface area contributed by atoms with E-state index in [0.29, 0.717) is 11.0 Å². The van der Waals surface area contributed by atoms with Gasteiger partial charge in [0.15, 0.2) is 0 Å². The molecule has 5 nitrogen and oxygen atoms in total. The topological polar surface area (TPSA) is 45.5 Å². The van der Waals surface area contributed by atoms with Crippen molar-refractivity contribution in [2.75, 3.05) is 0 Å². The largest absolute Gasteiger partial charge is 0.498 e. The molecule has 2 aromatic rings. The van der Waals surface area contributed by atoms with Gasteiger partial charge in [0.1, 0.15) is 5.75 Å². The molecule has 2 heterocycles. The van der Waals surface area contributed by atoms with Crippen LogP contribution < -0.4 is 10.2 Å². The van der Waals surface area contributed by atoms with Crippen LogP contribution in [0.5, 0.6) is 5.75 Å². The third-order valence-electron chi connectivity index (χ3n) is 4.60. The second-order valence-corrected chi connectivity index (χ2v) is 6.68. The monoisotopic (exact) mass is 324 g/mol. The van der Waals surface area contributed by atoms with Crippen molar-refractivity contribution in [3.8, 4) is 5.75 Å². The molecule has 1 saturated heterocycles. The smallest absolute Gasteiger partial charge is 0.435 e. The van der Waals surface area contributed by atoms with Crippen LogP contribution in [0.15, 0.2) is 18.3 Å². The molecule has 0 unspecified atom stereocenters. The molecule has 1 aromatic heterocycles. The van der Waals surface area contributed by atoms with Crippen LogP contribution in [0.2, 0.25) is 0 Å². The van der Waals surface area contributed by atoms with Gasteiger partial charge in [-0.2, -0.15) is 13.9 Å². The second kappa shape index (κ2) is 5.17. The molecule has 0 N–H and O–H groups in total. The number of alkyl halides is 2. The SMILES string of the molecule is Cn1ncc2cc(B3OC(C)(C)C(C)(C)O3)c(OC(F)F)cc21. The number of hydrogen-bond acceptors (Lipinski definition) is 4. The Hall–Kier alpha value is -1.67. The first-order valence-electron chi connectivity index (χ1n) is 7.37. The normalized spacial score (nSPS) is 19.7. The van der Waals surface area contributed by atoms with Crippen molar-refractivity contribution in [3.05, 3.63) is 18.3 Å². The van der Waals surface area contributed by atoms with E-state index in [1.165, 1.54) is 6.07 Å². The molecule has 0 radical (unpaired) electrons. The molecule has 1 aromatic carbocycles. The zero-order valence-electron chi connectivity index (χ0n) is 13.8. The van der Waals surface area contributed by atoms with Gasteiger partial charge in [0.25, 0.3) is 0 Å². The Morgan fingerprint density at radius 1 is 1.17 bits per heavy atom. The summed E-state index contributed by atoms with van der Waals surface area (Å²) < 4.78 is 43.8. The van der Waals surface area contributed by atoms with E-state index in [2.05, 4.69) is 5.10 Å². The van der Waals surface area contributed by atoms with Gasteiger partial charge in [-0.05, 0) is 33.8 Å². The van der Waals surface area contributed by atoms with Gasteiger partial charge < -0.3 is 14.0 Å². The number of aromatic nitrogens is 2. The van der Waals surface area contributed by atoms with E-state index in [9.17, 15) is 8.78 Å². The lowest BCUT2D eigenvalue weighted by molar-refractivity contribution is -0.0491. The van der Waals surface area contributed by atoms with E-state index in [1.54, 1.807) is 24.0 Å². The Bertz CT molecular complexity index is 730. The molecule has 8 heteroatoms. The number of halogens is 2. The molecule has 1 fully saturated rings. The van der Waals surface area contributed by atoms with Gasteiger partial charge in [0.2, 0.25) is 0 Å². The van der Waals surface area contributed by atoms with Crippen molar-refractivity contribution in [3.63, 3.8) is 0 Å². The molecule has 3 rings (SSSR count). The molecule has 23 heavy (non-hydrogen) atoms. The van der Waals surface area contributed by atoms with Crippen LogP contribution in [0.25, 0.3) is 10.9 Å². The third kappa shape index (κ3) is 2.70. The minimum atomic E-state index is -2.93. The molecule has 0 saturated carbocycles. The highest BCUT2D eigenvalue weighted by atomic mass is 19.3. The Kier molecular flexibility index (Phi) is 3.64. The molecule has 0 atom stereocenters. The number of rotatable bonds is 3. The summed E-state index contributed by atoms with van der Waals surface area (Å²) in [7, 11) is 0.960. The van der Waals surface area contributed by atoms with Crippen molar-refractivity contribution < 1.29 is 22.8 Å². The Labute approximate surface area is 133 Å². The highest BCUT2D eigenvalue weighted by Gasteiger charge is 2.52. The zero-order chi connectivity index (χ0) is 17.0. The van der Waals surface area contributed by atoms with Gasteiger partial charge in [-0.3, -0.25) is 4.68 Å². The van der Waals surface area contributed by atoms with E-state index >= 15 is 0 Å². The summed E-state index contributed by atoms with van der Waals surface area (Å²) in [6.07, 6.45) is 1.66. The first-order chi connectivity index (χ1) is 10.6. The van der Waals surface area contributed by atoms with E-state index in [4.69, 9.17) is 14.0 Å². The Morgan fingerprint density at radius 2 is 1.78 bits per heavy atom. The number of fused-ring (bicyclic) bond motifs is 1. The number of aryl methyl sites for hydroxylation is 1. The fraction of sp³-hybridized carbons (Fsp3) is 0.533. The quantitative estimate of drug-likeness (QED) is 0.814. The molecular weight excluding hydrogens is 305 g/mol. The Morgan fingerprint density at radius 3 is 2.35 bits per heavy atom. The first kappa shape index (κ1) is 16.2. The molecule has 0 bridgehead atoms. The predicted octanol–water partition coefficient (Wildman–Crippen LogP) is 2.47. The van der Waals surface area contributed by atoms with Crippen LogP contribution in [-0.2, 0) is 16.4 Å². The summed E-state index contributed by atoms with van der Waals surface area (Å²) in [6.45, 7) is 4.70. The average molecular weight is 324 g/mol. The van der Waals surface area contributed by atoms with E-state index in [-0.39, 0.29) is 5.75 Å².